The summed E-state index contributed by atoms with van der Waals surface area (Å²) >= 11 is 0. The molecule has 118 valence electrons. The van der Waals surface area contributed by atoms with E-state index in [1.807, 2.05) is 6.92 Å². The Morgan fingerprint density at radius 2 is 1.65 bits per heavy atom. The predicted molar refractivity (Wildman–Crippen MR) is 82.1 cm³/mol. The molecule has 20 heavy (non-hydrogen) atoms. The predicted octanol–water partition coefficient (Wildman–Crippen LogP) is 0.618. The molecular weight excluding hydrogens is 284 g/mol. The molecule has 0 aliphatic heterocycles. The second-order valence-corrected chi connectivity index (χ2v) is 3.66. The lowest BCUT2D eigenvalue weighted by Crippen LogP contribution is -2.46. The summed E-state index contributed by atoms with van der Waals surface area (Å²) in [4.78, 5) is 20.9. The quantitative estimate of drug-likeness (QED) is 0.493. The molecule has 0 atom stereocenters. The van der Waals surface area contributed by atoms with Gasteiger partial charge in [-0.1, -0.05) is 13.2 Å². The number of hydrazine groups is 2. The maximum Gasteiger partial charge on any atom is 0.330 e. The van der Waals surface area contributed by atoms with Crippen molar-refractivity contribution in [1.82, 2.24) is 20.9 Å². The highest BCUT2D eigenvalue weighted by molar-refractivity contribution is 5.91. The van der Waals surface area contributed by atoms with Gasteiger partial charge in [0, 0.05) is 33.3 Å². The molecule has 0 saturated heterocycles. The minimum atomic E-state index is -0.935. The molecule has 8 heteroatoms. The number of hydrogen-bond donors (Lipinski definition) is 3. The number of carboxylic acids is 1. The average Bonchev–Trinajstić information content (AvgIpc) is 2.36. The van der Waals surface area contributed by atoms with Gasteiger partial charge in [-0.25, -0.2) is 10.2 Å². The topological polar surface area (TPSA) is 84.9 Å². The van der Waals surface area contributed by atoms with Gasteiger partial charge in [0.05, 0.1) is 0 Å². The molecule has 3 N–H and O–H groups in total. The second kappa shape index (κ2) is 12.5. The molecule has 0 aliphatic rings. The SMILES string of the molecule is C=C(C(=O)NCC)N(C)N(C)NC.C=C(C)C(=O)O.Cl. The molecule has 0 rings (SSSR count). The number of carbonyl (C=O) groups excluding carboxylic acids is 1. The van der Waals surface area contributed by atoms with Crippen molar-refractivity contribution >= 4 is 24.3 Å². The summed E-state index contributed by atoms with van der Waals surface area (Å²) in [5.74, 6) is -1.10. The molecule has 0 fully saturated rings. The van der Waals surface area contributed by atoms with Gasteiger partial charge in [-0.15, -0.1) is 12.4 Å². The zero-order chi connectivity index (χ0) is 15.6. The maximum atomic E-state index is 11.3. The third-order valence-corrected chi connectivity index (χ3v) is 2.13. The Hall–Kier alpha value is -1.57. The number of carbonyl (C=O) groups is 2. The standard InChI is InChI=1S/C8H18N4O.C4H6O2.ClH/c1-6-10-8(13)7(2)11(4)12(5)9-3;1-3(2)4(5)6;/h9H,2,6H2,1,3-5H3,(H,10,13);1H2,2H3,(H,5,6);1H. The normalized spacial score (nSPS) is 8.70. The van der Waals surface area contributed by atoms with Gasteiger partial charge in [-0.2, -0.15) is 5.12 Å². The number of nitrogens with zero attached hydrogens (tertiary/aromatic N) is 2. The Balaban J connectivity index is -0.000000352. The van der Waals surface area contributed by atoms with Crippen LogP contribution in [0.4, 0.5) is 0 Å². The van der Waals surface area contributed by atoms with Crippen LogP contribution in [0.15, 0.2) is 24.4 Å². The van der Waals surface area contributed by atoms with E-state index in [-0.39, 0.29) is 23.9 Å². The van der Waals surface area contributed by atoms with E-state index in [2.05, 4.69) is 23.9 Å². The van der Waals surface area contributed by atoms with Gasteiger partial charge >= 0.3 is 5.97 Å². The Bertz CT molecular complexity index is 336. The monoisotopic (exact) mass is 308 g/mol. The number of carboxylic acid groups (broad SMARTS) is 1. The van der Waals surface area contributed by atoms with Crippen molar-refractivity contribution in [1.29, 1.82) is 0 Å². The van der Waals surface area contributed by atoms with E-state index in [4.69, 9.17) is 5.11 Å². The van der Waals surface area contributed by atoms with Crippen molar-refractivity contribution in [2.75, 3.05) is 27.7 Å². The van der Waals surface area contributed by atoms with Gasteiger partial charge in [0.25, 0.3) is 5.91 Å². The van der Waals surface area contributed by atoms with E-state index >= 15 is 0 Å². The fraction of sp³-hybridized carbons (Fsp3) is 0.500. The first-order valence-corrected chi connectivity index (χ1v) is 5.69. The van der Waals surface area contributed by atoms with Crippen LogP contribution in [0, 0.1) is 0 Å². The van der Waals surface area contributed by atoms with Gasteiger partial charge in [-0.3, -0.25) is 9.80 Å². The fourth-order valence-corrected chi connectivity index (χ4v) is 0.741. The van der Waals surface area contributed by atoms with Gasteiger partial charge in [0.1, 0.15) is 5.70 Å². The summed E-state index contributed by atoms with van der Waals surface area (Å²) < 4.78 is 0. The molecule has 0 unspecified atom stereocenters. The minimum absolute atomic E-state index is 0. The van der Waals surface area contributed by atoms with Crippen LogP contribution in [0.3, 0.4) is 0 Å². The first-order valence-electron chi connectivity index (χ1n) is 5.69. The highest BCUT2D eigenvalue weighted by atomic mass is 35.5. The van der Waals surface area contributed by atoms with E-state index in [1.54, 1.807) is 31.3 Å². The fourth-order valence-electron chi connectivity index (χ4n) is 0.741. The largest absolute Gasteiger partial charge is 0.478 e. The summed E-state index contributed by atoms with van der Waals surface area (Å²) in [7, 11) is 5.32. The van der Waals surface area contributed by atoms with Crippen LogP contribution in [0.1, 0.15) is 13.8 Å². The van der Waals surface area contributed by atoms with Crippen LogP contribution >= 0.6 is 12.4 Å². The van der Waals surface area contributed by atoms with Crippen LogP contribution in [0.25, 0.3) is 0 Å². The van der Waals surface area contributed by atoms with Crippen molar-refractivity contribution in [3.8, 4) is 0 Å². The highest BCUT2D eigenvalue weighted by Gasteiger charge is 2.13. The number of nitrogens with one attached hydrogen (secondary N) is 2. The Morgan fingerprint density at radius 1 is 1.25 bits per heavy atom. The Labute approximate surface area is 126 Å². The van der Waals surface area contributed by atoms with Crippen molar-refractivity contribution in [2.45, 2.75) is 13.8 Å². The van der Waals surface area contributed by atoms with E-state index in [0.29, 0.717) is 12.2 Å². The summed E-state index contributed by atoms with van der Waals surface area (Å²) in [5, 5.41) is 13.9. The molecule has 0 bridgehead atoms. The minimum Gasteiger partial charge on any atom is -0.478 e. The number of aliphatic carboxylic acids is 1. The van der Waals surface area contributed by atoms with Gasteiger partial charge in [0.15, 0.2) is 0 Å². The molecule has 0 aromatic rings. The first-order chi connectivity index (χ1) is 8.68. The molecule has 0 heterocycles. The molecule has 0 radical (unpaired) electrons. The molecular formula is C12H25ClN4O3. The summed E-state index contributed by atoms with van der Waals surface area (Å²) in [5.41, 5.74) is 3.44. The second-order valence-electron chi connectivity index (χ2n) is 3.66. The molecule has 0 spiro atoms. The smallest absolute Gasteiger partial charge is 0.330 e. The maximum absolute atomic E-state index is 11.3. The molecule has 0 aliphatic carbocycles. The van der Waals surface area contributed by atoms with Crippen LogP contribution in [0.2, 0.25) is 0 Å². The summed E-state index contributed by atoms with van der Waals surface area (Å²) in [6.45, 7) is 10.8. The summed E-state index contributed by atoms with van der Waals surface area (Å²) in [6.07, 6.45) is 0. The van der Waals surface area contributed by atoms with Crippen molar-refractivity contribution in [2.24, 2.45) is 0 Å². The van der Waals surface area contributed by atoms with E-state index in [9.17, 15) is 9.59 Å². The Morgan fingerprint density at radius 3 is 1.90 bits per heavy atom. The number of rotatable bonds is 6. The number of halogens is 1. The zero-order valence-electron chi connectivity index (χ0n) is 12.7. The van der Waals surface area contributed by atoms with Crippen LogP contribution < -0.4 is 10.7 Å². The molecule has 0 aromatic heterocycles. The van der Waals surface area contributed by atoms with Crippen LogP contribution in [-0.4, -0.2) is 54.8 Å². The van der Waals surface area contributed by atoms with Crippen LogP contribution in [0.5, 0.6) is 0 Å². The molecule has 0 aromatic carbocycles. The van der Waals surface area contributed by atoms with Crippen molar-refractivity contribution in [3.05, 3.63) is 24.4 Å². The number of hydrogen-bond acceptors (Lipinski definition) is 5. The van der Waals surface area contributed by atoms with E-state index in [1.165, 1.54) is 6.92 Å². The third kappa shape index (κ3) is 10.4. The van der Waals surface area contributed by atoms with Gasteiger partial charge < -0.3 is 10.4 Å². The van der Waals surface area contributed by atoms with Crippen molar-refractivity contribution < 1.29 is 14.7 Å². The summed E-state index contributed by atoms with van der Waals surface area (Å²) in [6, 6.07) is 0. The molecule has 1 amide bonds. The Kier molecular flexibility index (Phi) is 14.7. The van der Waals surface area contributed by atoms with Crippen LogP contribution in [-0.2, 0) is 9.59 Å². The van der Waals surface area contributed by atoms with Gasteiger partial charge in [-0.05, 0) is 13.8 Å². The lowest BCUT2D eigenvalue weighted by atomic mass is 10.4. The lowest BCUT2D eigenvalue weighted by molar-refractivity contribution is -0.132. The molecule has 0 saturated carbocycles. The van der Waals surface area contributed by atoms with Crippen molar-refractivity contribution in [3.63, 3.8) is 0 Å². The zero-order valence-corrected chi connectivity index (χ0v) is 13.5. The average molecular weight is 309 g/mol. The lowest BCUT2D eigenvalue weighted by Gasteiger charge is -2.29. The number of amides is 1. The van der Waals surface area contributed by atoms with E-state index < -0.39 is 5.97 Å². The van der Waals surface area contributed by atoms with E-state index in [0.717, 1.165) is 0 Å². The third-order valence-electron chi connectivity index (χ3n) is 2.13. The highest BCUT2D eigenvalue weighted by Crippen LogP contribution is 1.98. The first kappa shape index (κ1) is 23.5. The van der Waals surface area contributed by atoms with Gasteiger partial charge in [0.2, 0.25) is 0 Å². The molecule has 7 nitrogen and oxygen atoms in total. The number of likely N-dealkylation sites (N-methyl/N-ethyl adjacent to an activating group) is 2.